The quantitative estimate of drug-likeness (QED) is 0.152. The molecule has 4 aromatic heterocycles. The van der Waals surface area contributed by atoms with E-state index in [0.717, 1.165) is 99.6 Å². The van der Waals surface area contributed by atoms with Crippen molar-refractivity contribution < 1.29 is 0 Å². The highest BCUT2D eigenvalue weighted by atomic mass is 15.2. The number of fused-ring (bicyclic) bond motifs is 6. The summed E-state index contributed by atoms with van der Waals surface area (Å²) in [5, 5.41) is 4.49. The van der Waals surface area contributed by atoms with Gasteiger partial charge in [0.15, 0.2) is 17.5 Å². The molecule has 0 fully saturated rings. The maximum Gasteiger partial charge on any atom is 0.238 e. The number of benzene rings is 9. The van der Waals surface area contributed by atoms with Crippen LogP contribution in [0.15, 0.2) is 237 Å². The lowest BCUT2D eigenvalue weighted by molar-refractivity contribution is 0.953. The van der Waals surface area contributed by atoms with Gasteiger partial charge >= 0.3 is 0 Å². The zero-order valence-corrected chi connectivity index (χ0v) is 36.6. The molecule has 0 saturated carbocycles. The minimum atomic E-state index is 0.536. The topological polar surface area (TPSA) is 74.3 Å². The van der Waals surface area contributed by atoms with Gasteiger partial charge in [0.1, 0.15) is 0 Å². The standard InChI is InChI=1S/C61H39N7/c1-5-19-40(20-6-1)41-33-35-45(36-34-41)59-64-58(44-25-11-4-12-26-44)65-61(66-59)68-54-31-17-14-28-47(54)50-37-49-46-27-13-16-30-53(46)67(56(49)39-57(50)68)55-32-18-15-29-48(55)60-62-51(42-21-7-2-8-22-42)38-52(63-60)43-23-9-3-10-24-43/h1-39H. The van der Waals surface area contributed by atoms with Crippen LogP contribution >= 0.6 is 0 Å². The van der Waals surface area contributed by atoms with Gasteiger partial charge in [-0.3, -0.25) is 4.57 Å². The van der Waals surface area contributed by atoms with E-state index in [9.17, 15) is 0 Å². The Morgan fingerprint density at radius 3 is 1.26 bits per heavy atom. The molecule has 318 valence electrons. The number of para-hydroxylation sites is 3. The van der Waals surface area contributed by atoms with Crippen molar-refractivity contribution in [2.45, 2.75) is 0 Å². The average Bonchev–Trinajstić information content (AvgIpc) is 3.92. The Balaban J connectivity index is 1.05. The van der Waals surface area contributed by atoms with Gasteiger partial charge in [-0.1, -0.05) is 194 Å². The second-order valence-electron chi connectivity index (χ2n) is 16.9. The first-order valence-corrected chi connectivity index (χ1v) is 22.8. The van der Waals surface area contributed by atoms with Gasteiger partial charge in [0.2, 0.25) is 5.95 Å². The molecule has 0 unspecified atom stereocenters. The molecule has 0 atom stereocenters. The zero-order chi connectivity index (χ0) is 45.0. The summed E-state index contributed by atoms with van der Waals surface area (Å²) in [6.45, 7) is 0. The van der Waals surface area contributed by atoms with E-state index in [1.54, 1.807) is 0 Å². The lowest BCUT2D eigenvalue weighted by atomic mass is 10.0. The fraction of sp³-hybridized carbons (Fsp3) is 0. The van der Waals surface area contributed by atoms with Crippen LogP contribution in [-0.4, -0.2) is 34.1 Å². The van der Waals surface area contributed by atoms with Crippen molar-refractivity contribution in [2.75, 3.05) is 0 Å². The summed E-state index contributed by atoms with van der Waals surface area (Å²) in [6, 6.07) is 82.1. The van der Waals surface area contributed by atoms with E-state index >= 15 is 0 Å². The third kappa shape index (κ3) is 6.72. The minimum Gasteiger partial charge on any atom is -0.308 e. The van der Waals surface area contributed by atoms with Crippen LogP contribution in [-0.2, 0) is 0 Å². The fourth-order valence-electron chi connectivity index (χ4n) is 9.60. The molecule has 13 aromatic rings. The Morgan fingerprint density at radius 2 is 0.676 bits per heavy atom. The molecule has 68 heavy (non-hydrogen) atoms. The monoisotopic (exact) mass is 869 g/mol. The van der Waals surface area contributed by atoms with E-state index < -0.39 is 0 Å². The van der Waals surface area contributed by atoms with Crippen LogP contribution in [0.2, 0.25) is 0 Å². The molecule has 0 N–H and O–H groups in total. The molecule has 0 aliphatic heterocycles. The van der Waals surface area contributed by atoms with Crippen molar-refractivity contribution in [3.63, 3.8) is 0 Å². The summed E-state index contributed by atoms with van der Waals surface area (Å²) in [5.74, 6) is 2.37. The number of aromatic nitrogens is 7. The van der Waals surface area contributed by atoms with Gasteiger partial charge in [0.05, 0.1) is 39.1 Å². The molecule has 0 aliphatic carbocycles. The Bertz CT molecular complexity index is 3940. The van der Waals surface area contributed by atoms with E-state index in [0.29, 0.717) is 23.4 Å². The average molecular weight is 870 g/mol. The van der Waals surface area contributed by atoms with Crippen LogP contribution in [0.5, 0.6) is 0 Å². The highest BCUT2D eigenvalue weighted by Crippen LogP contribution is 2.41. The molecule has 0 bridgehead atoms. The van der Waals surface area contributed by atoms with E-state index in [4.69, 9.17) is 24.9 Å². The predicted molar refractivity (Wildman–Crippen MR) is 277 cm³/mol. The predicted octanol–water partition coefficient (Wildman–Crippen LogP) is 14.9. The van der Waals surface area contributed by atoms with E-state index in [1.165, 1.54) is 0 Å². The second kappa shape index (κ2) is 16.3. The molecule has 0 amide bonds. The first kappa shape index (κ1) is 39.1. The molecular formula is C61H39N7. The normalized spacial score (nSPS) is 11.5. The number of hydrogen-bond donors (Lipinski definition) is 0. The van der Waals surface area contributed by atoms with Gasteiger partial charge in [0.25, 0.3) is 0 Å². The fourth-order valence-corrected chi connectivity index (χ4v) is 9.60. The lowest BCUT2D eigenvalue weighted by Gasteiger charge is -2.15. The summed E-state index contributed by atoms with van der Waals surface area (Å²) >= 11 is 0. The zero-order valence-electron chi connectivity index (χ0n) is 36.6. The van der Waals surface area contributed by atoms with Crippen molar-refractivity contribution in [3.05, 3.63) is 237 Å². The van der Waals surface area contributed by atoms with Crippen molar-refractivity contribution in [1.82, 2.24) is 34.1 Å². The van der Waals surface area contributed by atoms with Crippen molar-refractivity contribution in [1.29, 1.82) is 0 Å². The Hall–Kier alpha value is -9.33. The van der Waals surface area contributed by atoms with Crippen LogP contribution in [0.25, 0.3) is 123 Å². The molecular weight excluding hydrogens is 831 g/mol. The van der Waals surface area contributed by atoms with E-state index in [-0.39, 0.29) is 0 Å². The highest BCUT2D eigenvalue weighted by molar-refractivity contribution is 6.19. The third-order valence-electron chi connectivity index (χ3n) is 12.8. The summed E-state index contributed by atoms with van der Waals surface area (Å²) in [6.07, 6.45) is 0. The SMILES string of the molecule is c1ccc(-c2ccc(-c3nc(-c4ccccc4)nc(-n4c5ccccc5c5cc6c7ccccc7n(-c7ccccc7-c7nc(-c8ccccc8)cc(-c8ccccc8)n7)c6cc54)n3)cc2)cc1. The highest BCUT2D eigenvalue weighted by Gasteiger charge is 2.23. The van der Waals surface area contributed by atoms with Crippen molar-refractivity contribution in [3.8, 4) is 79.4 Å². The van der Waals surface area contributed by atoms with E-state index in [2.05, 4.69) is 209 Å². The second-order valence-corrected chi connectivity index (χ2v) is 16.9. The van der Waals surface area contributed by atoms with Gasteiger partial charge in [-0.15, -0.1) is 0 Å². The smallest absolute Gasteiger partial charge is 0.238 e. The molecule has 0 radical (unpaired) electrons. The molecule has 0 saturated heterocycles. The first-order valence-electron chi connectivity index (χ1n) is 22.8. The van der Waals surface area contributed by atoms with Gasteiger partial charge in [-0.2, -0.15) is 9.97 Å². The van der Waals surface area contributed by atoms with Crippen molar-refractivity contribution in [2.24, 2.45) is 0 Å². The largest absolute Gasteiger partial charge is 0.308 e. The molecule has 0 spiro atoms. The van der Waals surface area contributed by atoms with Crippen LogP contribution in [0.1, 0.15) is 0 Å². The summed E-state index contributed by atoms with van der Waals surface area (Å²) in [7, 11) is 0. The Kier molecular flexibility index (Phi) is 9.35. The van der Waals surface area contributed by atoms with Crippen LogP contribution in [0, 0.1) is 0 Å². The van der Waals surface area contributed by atoms with Crippen LogP contribution in [0.3, 0.4) is 0 Å². The van der Waals surface area contributed by atoms with E-state index in [1.807, 2.05) is 36.4 Å². The summed E-state index contributed by atoms with van der Waals surface area (Å²) in [4.78, 5) is 26.3. The van der Waals surface area contributed by atoms with Gasteiger partial charge in [0, 0.05) is 49.4 Å². The summed E-state index contributed by atoms with van der Waals surface area (Å²) in [5.41, 5.74) is 13.8. The molecule has 4 heterocycles. The maximum atomic E-state index is 5.32. The van der Waals surface area contributed by atoms with Crippen LogP contribution in [0.4, 0.5) is 0 Å². The Morgan fingerprint density at radius 1 is 0.250 bits per heavy atom. The van der Waals surface area contributed by atoms with Gasteiger partial charge < -0.3 is 4.57 Å². The third-order valence-corrected chi connectivity index (χ3v) is 12.8. The van der Waals surface area contributed by atoms with Gasteiger partial charge in [-0.25, -0.2) is 15.0 Å². The lowest BCUT2D eigenvalue weighted by Crippen LogP contribution is -2.06. The Labute approximate surface area is 392 Å². The maximum absolute atomic E-state index is 5.32. The molecule has 0 aliphatic rings. The van der Waals surface area contributed by atoms with Crippen molar-refractivity contribution >= 4 is 43.6 Å². The minimum absolute atomic E-state index is 0.536. The summed E-state index contributed by atoms with van der Waals surface area (Å²) < 4.78 is 4.57. The molecule has 7 heteroatoms. The van der Waals surface area contributed by atoms with Gasteiger partial charge in [-0.05, 0) is 53.6 Å². The first-order chi connectivity index (χ1) is 33.7. The number of hydrogen-bond acceptors (Lipinski definition) is 5. The number of rotatable bonds is 8. The molecule has 7 nitrogen and oxygen atoms in total. The molecule has 13 rings (SSSR count). The molecule has 9 aromatic carbocycles. The van der Waals surface area contributed by atoms with Crippen LogP contribution < -0.4 is 0 Å². The number of nitrogens with zero attached hydrogens (tertiary/aromatic N) is 7.